The van der Waals surface area contributed by atoms with Crippen LogP contribution in [0.2, 0.25) is 0 Å². The zero-order chi connectivity index (χ0) is 20.7. The summed E-state index contributed by atoms with van der Waals surface area (Å²) in [6.45, 7) is 1.98. The predicted octanol–water partition coefficient (Wildman–Crippen LogP) is 4.57. The summed E-state index contributed by atoms with van der Waals surface area (Å²) in [6, 6.07) is 13.3. The first-order chi connectivity index (χ1) is 14.6. The highest BCUT2D eigenvalue weighted by atomic mass is 16.2. The second-order valence-electron chi connectivity index (χ2n) is 7.85. The Kier molecular flexibility index (Phi) is 4.47. The van der Waals surface area contributed by atoms with Gasteiger partial charge in [-0.2, -0.15) is 5.10 Å². The number of aromatic nitrogens is 3. The number of nitrogens with zero attached hydrogens (tertiary/aromatic N) is 1. The lowest BCUT2D eigenvalue weighted by Gasteiger charge is -2.11. The van der Waals surface area contributed by atoms with Crippen molar-refractivity contribution in [1.82, 2.24) is 15.2 Å². The number of benzene rings is 2. The largest absolute Gasteiger partial charge is 0.353 e. The van der Waals surface area contributed by atoms with Crippen LogP contribution in [0, 0.1) is 6.92 Å². The number of rotatable bonds is 5. The molecule has 0 saturated heterocycles. The van der Waals surface area contributed by atoms with Crippen LogP contribution in [-0.2, 0) is 17.6 Å². The maximum atomic E-state index is 12.4. The van der Waals surface area contributed by atoms with Crippen molar-refractivity contribution in [2.75, 3.05) is 5.32 Å². The van der Waals surface area contributed by atoms with E-state index in [1.54, 1.807) is 0 Å². The third-order valence-corrected chi connectivity index (χ3v) is 5.75. The number of aryl methyl sites for hydroxylation is 3. The molecule has 0 aliphatic heterocycles. The minimum Gasteiger partial charge on any atom is -0.353 e. The van der Waals surface area contributed by atoms with Crippen LogP contribution in [0.25, 0.3) is 22.3 Å². The number of anilines is 1. The van der Waals surface area contributed by atoms with E-state index in [0.29, 0.717) is 5.56 Å². The molecule has 1 aliphatic carbocycles. The quantitative estimate of drug-likeness (QED) is 0.430. The van der Waals surface area contributed by atoms with Gasteiger partial charge in [-0.3, -0.25) is 14.7 Å². The number of amides is 1. The van der Waals surface area contributed by atoms with Crippen LogP contribution in [-0.4, -0.2) is 26.9 Å². The monoisotopic (exact) mass is 398 g/mol. The molecule has 6 heteroatoms. The third-order valence-electron chi connectivity index (χ3n) is 5.75. The van der Waals surface area contributed by atoms with Gasteiger partial charge in [0, 0.05) is 35.0 Å². The zero-order valence-electron chi connectivity index (χ0n) is 16.7. The van der Waals surface area contributed by atoms with Crippen molar-refractivity contribution < 1.29 is 9.59 Å². The van der Waals surface area contributed by atoms with Gasteiger partial charge in [-0.1, -0.05) is 29.8 Å². The molecule has 3 N–H and O–H groups in total. The molecule has 0 bridgehead atoms. The van der Waals surface area contributed by atoms with E-state index in [0.717, 1.165) is 46.4 Å². The minimum absolute atomic E-state index is 0.0179. The number of nitrogens with one attached hydrogen (secondary N) is 3. The molecule has 4 aromatic rings. The van der Waals surface area contributed by atoms with Gasteiger partial charge < -0.3 is 10.3 Å². The molecule has 6 nitrogen and oxygen atoms in total. The van der Waals surface area contributed by atoms with Crippen molar-refractivity contribution in [3.63, 3.8) is 0 Å². The number of fused-ring (bicyclic) bond motifs is 5. The summed E-state index contributed by atoms with van der Waals surface area (Å²) < 4.78 is 0. The van der Waals surface area contributed by atoms with E-state index in [9.17, 15) is 9.59 Å². The topological polar surface area (TPSA) is 90.6 Å². The fourth-order valence-corrected chi connectivity index (χ4v) is 4.11. The molecular formula is C24H22N4O2. The molecule has 1 aliphatic rings. The number of Topliss-reactive ketones (excluding diaryl/α,β-unsaturated/α-hetero) is 1. The van der Waals surface area contributed by atoms with Crippen LogP contribution in [0.5, 0.6) is 0 Å². The van der Waals surface area contributed by atoms with Crippen LogP contribution >= 0.6 is 0 Å². The molecule has 2 aromatic heterocycles. The second-order valence-corrected chi connectivity index (χ2v) is 7.85. The smallest absolute Gasteiger partial charge is 0.224 e. The first kappa shape index (κ1) is 18.4. The van der Waals surface area contributed by atoms with Crippen LogP contribution < -0.4 is 5.32 Å². The number of carbonyl (C=O) groups is 2. The van der Waals surface area contributed by atoms with Crippen LogP contribution in [0.15, 0.2) is 48.7 Å². The van der Waals surface area contributed by atoms with E-state index in [1.165, 1.54) is 11.1 Å². The maximum Gasteiger partial charge on any atom is 0.224 e. The molecule has 5 rings (SSSR count). The first-order valence-corrected chi connectivity index (χ1v) is 10.2. The van der Waals surface area contributed by atoms with Gasteiger partial charge in [-0.05, 0) is 49.1 Å². The second kappa shape index (κ2) is 7.30. The summed E-state index contributed by atoms with van der Waals surface area (Å²) in [5.74, 6) is -0.175. The number of hydrogen-bond acceptors (Lipinski definition) is 3. The molecule has 150 valence electrons. The summed E-state index contributed by atoms with van der Waals surface area (Å²) in [5, 5.41) is 11.3. The Hall–Kier alpha value is -3.67. The van der Waals surface area contributed by atoms with E-state index >= 15 is 0 Å². The lowest BCUT2D eigenvalue weighted by Crippen LogP contribution is -2.13. The fraction of sp³-hybridized carbons (Fsp3) is 0.208. The molecule has 2 aromatic carbocycles. The molecular weight excluding hydrogens is 376 g/mol. The summed E-state index contributed by atoms with van der Waals surface area (Å²) in [7, 11) is 0. The summed E-state index contributed by atoms with van der Waals surface area (Å²) in [4.78, 5) is 28.2. The molecule has 0 saturated carbocycles. The summed E-state index contributed by atoms with van der Waals surface area (Å²) in [6.07, 6.45) is 4.12. The predicted molar refractivity (Wildman–Crippen MR) is 117 cm³/mol. The highest BCUT2D eigenvalue weighted by Gasteiger charge is 2.22. The Balaban J connectivity index is 1.29. The Bertz CT molecular complexity index is 1260. The van der Waals surface area contributed by atoms with Crippen molar-refractivity contribution >= 4 is 28.3 Å². The Morgan fingerprint density at radius 2 is 1.87 bits per heavy atom. The number of H-pyrrole nitrogens is 2. The summed E-state index contributed by atoms with van der Waals surface area (Å²) >= 11 is 0. The van der Waals surface area contributed by atoms with Gasteiger partial charge in [-0.15, -0.1) is 0 Å². The fourth-order valence-electron chi connectivity index (χ4n) is 4.11. The standard InChI is InChI=1S/C24H22N4O2/c1-14-2-4-15(5-3-14)21(29)10-11-22(30)26-17-7-9-20-19(12-17)18-8-6-16-13-25-28-23(16)24(18)27-20/h2-5,7,9,12-13,27H,6,8,10-11H2,1H3,(H,25,28)(H,26,30). The Morgan fingerprint density at radius 3 is 2.70 bits per heavy atom. The molecule has 0 atom stereocenters. The maximum absolute atomic E-state index is 12.4. The van der Waals surface area contributed by atoms with Gasteiger partial charge >= 0.3 is 0 Å². The van der Waals surface area contributed by atoms with Gasteiger partial charge in [0.2, 0.25) is 5.91 Å². The molecule has 30 heavy (non-hydrogen) atoms. The average molecular weight is 398 g/mol. The molecule has 0 radical (unpaired) electrons. The highest BCUT2D eigenvalue weighted by molar-refractivity contribution is 6.01. The van der Waals surface area contributed by atoms with Gasteiger partial charge in [0.05, 0.1) is 17.6 Å². The number of hydrogen-bond donors (Lipinski definition) is 3. The lowest BCUT2D eigenvalue weighted by molar-refractivity contribution is -0.116. The highest BCUT2D eigenvalue weighted by Crippen LogP contribution is 2.37. The van der Waals surface area contributed by atoms with E-state index in [4.69, 9.17) is 0 Å². The Morgan fingerprint density at radius 1 is 1.03 bits per heavy atom. The van der Waals surface area contributed by atoms with Crippen LogP contribution in [0.4, 0.5) is 5.69 Å². The van der Waals surface area contributed by atoms with Crippen molar-refractivity contribution in [2.45, 2.75) is 32.6 Å². The molecule has 2 heterocycles. The van der Waals surface area contributed by atoms with E-state index in [-0.39, 0.29) is 24.5 Å². The van der Waals surface area contributed by atoms with Crippen molar-refractivity contribution in [2.24, 2.45) is 0 Å². The van der Waals surface area contributed by atoms with E-state index in [2.05, 4.69) is 20.5 Å². The van der Waals surface area contributed by atoms with Crippen LogP contribution in [0.1, 0.15) is 39.9 Å². The van der Waals surface area contributed by atoms with E-state index < -0.39 is 0 Å². The lowest BCUT2D eigenvalue weighted by atomic mass is 9.94. The molecule has 0 unspecified atom stereocenters. The van der Waals surface area contributed by atoms with E-state index in [1.807, 2.05) is 55.6 Å². The molecule has 0 fully saturated rings. The zero-order valence-corrected chi connectivity index (χ0v) is 16.7. The third kappa shape index (κ3) is 3.30. The van der Waals surface area contributed by atoms with Gasteiger partial charge in [0.1, 0.15) is 0 Å². The SMILES string of the molecule is Cc1ccc(C(=O)CCC(=O)Nc2ccc3[nH]c4c(c3c2)CCc2cn[nH]c2-4)cc1. The first-order valence-electron chi connectivity index (χ1n) is 10.2. The molecule has 1 amide bonds. The average Bonchev–Trinajstić information content (AvgIpc) is 3.36. The van der Waals surface area contributed by atoms with Gasteiger partial charge in [0.25, 0.3) is 0 Å². The number of aromatic amines is 2. The molecule has 0 spiro atoms. The summed E-state index contributed by atoms with van der Waals surface area (Å²) in [5.41, 5.74) is 8.13. The van der Waals surface area contributed by atoms with Crippen molar-refractivity contribution in [3.8, 4) is 11.4 Å². The van der Waals surface area contributed by atoms with Crippen LogP contribution in [0.3, 0.4) is 0 Å². The normalized spacial score (nSPS) is 12.4. The van der Waals surface area contributed by atoms with Gasteiger partial charge in [-0.25, -0.2) is 0 Å². The van der Waals surface area contributed by atoms with Crippen molar-refractivity contribution in [3.05, 3.63) is 70.9 Å². The van der Waals surface area contributed by atoms with Gasteiger partial charge in [0.15, 0.2) is 5.78 Å². The minimum atomic E-state index is -0.157. The number of ketones is 1. The number of carbonyl (C=O) groups excluding carboxylic acids is 2. The van der Waals surface area contributed by atoms with Crippen molar-refractivity contribution in [1.29, 1.82) is 0 Å². The Labute approximate surface area is 173 Å².